The zero-order chi connectivity index (χ0) is 19.7. The SMILES string of the molecule is CC(NC(=O)c1csc(-c2cnn(C)c2)n1)c1ccc(N2CCNC2=O)cc1. The predicted octanol–water partition coefficient (Wildman–Crippen LogP) is 2.56. The molecule has 144 valence electrons. The highest BCUT2D eigenvalue weighted by Crippen LogP contribution is 2.24. The van der Waals surface area contributed by atoms with Gasteiger partial charge in [-0.2, -0.15) is 5.10 Å². The van der Waals surface area contributed by atoms with Crippen LogP contribution >= 0.6 is 11.3 Å². The average molecular weight is 396 g/mol. The summed E-state index contributed by atoms with van der Waals surface area (Å²) in [6.45, 7) is 3.24. The number of nitrogens with zero attached hydrogens (tertiary/aromatic N) is 4. The molecule has 1 unspecified atom stereocenters. The van der Waals surface area contributed by atoms with E-state index in [9.17, 15) is 9.59 Å². The topological polar surface area (TPSA) is 92.2 Å². The molecule has 2 aromatic heterocycles. The van der Waals surface area contributed by atoms with Crippen LogP contribution in [0.25, 0.3) is 10.6 Å². The third-order valence-corrected chi connectivity index (χ3v) is 5.49. The number of aryl methyl sites for hydroxylation is 1. The number of hydrogen-bond donors (Lipinski definition) is 2. The number of carbonyl (C=O) groups excluding carboxylic acids is 2. The molecule has 1 aromatic carbocycles. The standard InChI is InChI=1S/C19H20N6O2S/c1-12(13-3-5-15(6-4-13)25-8-7-20-19(25)27)22-17(26)16-11-28-18(23-16)14-9-21-24(2)10-14/h3-6,9-12H,7-8H2,1-2H3,(H,20,27)(H,22,26). The number of urea groups is 1. The summed E-state index contributed by atoms with van der Waals surface area (Å²) in [6.07, 6.45) is 3.59. The molecule has 8 nitrogen and oxygen atoms in total. The van der Waals surface area contributed by atoms with Crippen LogP contribution in [-0.4, -0.2) is 39.8 Å². The van der Waals surface area contributed by atoms with E-state index in [4.69, 9.17) is 0 Å². The highest BCUT2D eigenvalue weighted by molar-refractivity contribution is 7.13. The van der Waals surface area contributed by atoms with Crippen LogP contribution in [0.3, 0.4) is 0 Å². The first-order valence-corrected chi connectivity index (χ1v) is 9.80. The summed E-state index contributed by atoms with van der Waals surface area (Å²) >= 11 is 1.41. The second-order valence-electron chi connectivity index (χ2n) is 6.61. The molecule has 9 heteroatoms. The summed E-state index contributed by atoms with van der Waals surface area (Å²) in [5.74, 6) is -0.220. The number of aromatic nitrogens is 3. The molecule has 0 aliphatic carbocycles. The van der Waals surface area contributed by atoms with Crippen molar-refractivity contribution in [1.29, 1.82) is 0 Å². The van der Waals surface area contributed by atoms with Crippen LogP contribution in [0.5, 0.6) is 0 Å². The monoisotopic (exact) mass is 396 g/mol. The van der Waals surface area contributed by atoms with Crippen molar-refractivity contribution in [3.05, 3.63) is 53.3 Å². The number of amides is 3. The van der Waals surface area contributed by atoms with Gasteiger partial charge in [-0.25, -0.2) is 9.78 Å². The number of rotatable bonds is 5. The minimum absolute atomic E-state index is 0.0814. The molecule has 0 radical (unpaired) electrons. The fourth-order valence-corrected chi connectivity index (χ4v) is 3.83. The lowest BCUT2D eigenvalue weighted by Crippen LogP contribution is -2.28. The molecule has 3 amide bonds. The van der Waals surface area contributed by atoms with Gasteiger partial charge in [-0.3, -0.25) is 14.4 Å². The summed E-state index contributed by atoms with van der Waals surface area (Å²) in [6, 6.07) is 7.38. The minimum atomic E-state index is -0.220. The van der Waals surface area contributed by atoms with Crippen LogP contribution in [0.4, 0.5) is 10.5 Å². The van der Waals surface area contributed by atoms with Crippen molar-refractivity contribution in [3.8, 4) is 10.6 Å². The van der Waals surface area contributed by atoms with E-state index in [-0.39, 0.29) is 18.0 Å². The van der Waals surface area contributed by atoms with Crippen molar-refractivity contribution in [2.45, 2.75) is 13.0 Å². The van der Waals surface area contributed by atoms with Crippen molar-refractivity contribution in [2.75, 3.05) is 18.0 Å². The molecule has 4 rings (SSSR count). The van der Waals surface area contributed by atoms with Crippen molar-refractivity contribution >= 4 is 29.0 Å². The smallest absolute Gasteiger partial charge is 0.321 e. The molecule has 0 bridgehead atoms. The summed E-state index contributed by atoms with van der Waals surface area (Å²) in [5.41, 5.74) is 3.08. The molecule has 0 saturated carbocycles. The molecular formula is C19H20N6O2S. The van der Waals surface area contributed by atoms with Gasteiger partial charge in [0.15, 0.2) is 0 Å². The zero-order valence-corrected chi connectivity index (χ0v) is 16.4. The van der Waals surface area contributed by atoms with E-state index in [1.54, 1.807) is 21.2 Å². The lowest BCUT2D eigenvalue weighted by Gasteiger charge is -2.17. The first kappa shape index (κ1) is 18.2. The second kappa shape index (κ2) is 7.43. The molecule has 0 spiro atoms. The van der Waals surface area contributed by atoms with Crippen LogP contribution in [0, 0.1) is 0 Å². The number of hydrogen-bond acceptors (Lipinski definition) is 5. The van der Waals surface area contributed by atoms with Gasteiger partial charge in [-0.05, 0) is 24.6 Å². The Labute approximate surface area is 166 Å². The molecule has 1 aliphatic heterocycles. The largest absolute Gasteiger partial charge is 0.344 e. The van der Waals surface area contributed by atoms with Crippen LogP contribution < -0.4 is 15.5 Å². The fraction of sp³-hybridized carbons (Fsp3) is 0.263. The van der Waals surface area contributed by atoms with Crippen molar-refractivity contribution < 1.29 is 9.59 Å². The molecule has 28 heavy (non-hydrogen) atoms. The van der Waals surface area contributed by atoms with Crippen molar-refractivity contribution in [3.63, 3.8) is 0 Å². The molecule has 1 fully saturated rings. The van der Waals surface area contributed by atoms with Gasteiger partial charge < -0.3 is 10.6 Å². The van der Waals surface area contributed by atoms with Gasteiger partial charge in [0.25, 0.3) is 5.91 Å². The van der Waals surface area contributed by atoms with Gasteiger partial charge in [-0.15, -0.1) is 11.3 Å². The quantitative estimate of drug-likeness (QED) is 0.693. The van der Waals surface area contributed by atoms with Crippen molar-refractivity contribution in [2.24, 2.45) is 7.05 Å². The van der Waals surface area contributed by atoms with Gasteiger partial charge in [0.2, 0.25) is 0 Å². The third kappa shape index (κ3) is 3.61. The molecular weight excluding hydrogens is 376 g/mol. The van der Waals surface area contributed by atoms with E-state index in [2.05, 4.69) is 20.7 Å². The Bertz CT molecular complexity index is 1010. The summed E-state index contributed by atoms with van der Waals surface area (Å²) in [4.78, 5) is 30.4. The fourth-order valence-electron chi connectivity index (χ4n) is 3.06. The number of carbonyl (C=O) groups is 2. The van der Waals surface area contributed by atoms with E-state index in [0.29, 0.717) is 18.8 Å². The Balaban J connectivity index is 1.42. The Kier molecular flexibility index (Phi) is 4.82. The Morgan fingerprint density at radius 3 is 2.75 bits per heavy atom. The van der Waals surface area contributed by atoms with Gasteiger partial charge in [0.1, 0.15) is 10.7 Å². The summed E-state index contributed by atoms with van der Waals surface area (Å²) in [5, 5.41) is 12.4. The van der Waals surface area contributed by atoms with E-state index in [0.717, 1.165) is 21.8 Å². The number of anilines is 1. The maximum Gasteiger partial charge on any atom is 0.321 e. The molecule has 3 aromatic rings. The normalized spacial score (nSPS) is 14.8. The van der Waals surface area contributed by atoms with Gasteiger partial charge >= 0.3 is 6.03 Å². The van der Waals surface area contributed by atoms with Gasteiger partial charge in [-0.1, -0.05) is 12.1 Å². The number of thiazole rings is 1. The van der Waals surface area contributed by atoms with E-state index >= 15 is 0 Å². The van der Waals surface area contributed by atoms with Crippen molar-refractivity contribution in [1.82, 2.24) is 25.4 Å². The highest BCUT2D eigenvalue weighted by Gasteiger charge is 2.21. The van der Waals surface area contributed by atoms with Gasteiger partial charge in [0, 0.05) is 43.0 Å². The van der Waals surface area contributed by atoms with E-state index < -0.39 is 0 Å². The van der Waals surface area contributed by atoms with Crippen LogP contribution in [0.15, 0.2) is 42.0 Å². The molecule has 3 heterocycles. The summed E-state index contributed by atoms with van der Waals surface area (Å²) < 4.78 is 1.70. The van der Waals surface area contributed by atoms with E-state index in [1.165, 1.54) is 11.3 Å². The summed E-state index contributed by atoms with van der Waals surface area (Å²) in [7, 11) is 1.84. The lowest BCUT2D eigenvalue weighted by atomic mass is 10.1. The van der Waals surface area contributed by atoms with Crippen LogP contribution in [0.1, 0.15) is 29.0 Å². The minimum Gasteiger partial charge on any atom is -0.344 e. The highest BCUT2D eigenvalue weighted by atomic mass is 32.1. The first-order valence-electron chi connectivity index (χ1n) is 8.92. The Hall–Kier alpha value is -3.20. The van der Waals surface area contributed by atoms with E-state index in [1.807, 2.05) is 44.4 Å². The maximum absolute atomic E-state index is 12.5. The molecule has 2 N–H and O–H groups in total. The molecule has 1 aliphatic rings. The second-order valence-corrected chi connectivity index (χ2v) is 7.47. The van der Waals surface area contributed by atoms with Gasteiger partial charge in [0.05, 0.1) is 12.2 Å². The average Bonchev–Trinajstić information content (AvgIpc) is 3.42. The maximum atomic E-state index is 12.5. The van der Waals surface area contributed by atoms with Crippen LogP contribution in [0.2, 0.25) is 0 Å². The number of benzene rings is 1. The lowest BCUT2D eigenvalue weighted by molar-refractivity contribution is 0.0935. The number of nitrogens with one attached hydrogen (secondary N) is 2. The predicted molar refractivity (Wildman–Crippen MR) is 107 cm³/mol. The Morgan fingerprint density at radius 2 is 2.11 bits per heavy atom. The molecule has 1 atom stereocenters. The van der Waals surface area contributed by atoms with Crippen LogP contribution in [-0.2, 0) is 7.05 Å². The third-order valence-electron chi connectivity index (χ3n) is 4.60. The molecule has 1 saturated heterocycles. The first-order chi connectivity index (χ1) is 13.5. The Morgan fingerprint density at radius 1 is 1.32 bits per heavy atom. The zero-order valence-electron chi connectivity index (χ0n) is 15.5.